The monoisotopic (exact) mass is 1190 g/mol. The predicted octanol–water partition coefficient (Wildman–Crippen LogP) is 19.1. The van der Waals surface area contributed by atoms with Crippen LogP contribution in [0.25, 0.3) is 10.1 Å². The summed E-state index contributed by atoms with van der Waals surface area (Å²) >= 11 is 1.96. The van der Waals surface area contributed by atoms with Gasteiger partial charge < -0.3 is 29.4 Å². The van der Waals surface area contributed by atoms with Crippen LogP contribution in [0.5, 0.6) is 0 Å². The van der Waals surface area contributed by atoms with Crippen LogP contribution in [0.4, 0.5) is 102 Å². The Morgan fingerprint density at radius 1 is 0.293 bits per heavy atom. The first-order chi connectivity index (χ1) is 45.5. The molecule has 18 rings (SSSR count). The van der Waals surface area contributed by atoms with Crippen molar-refractivity contribution in [1.82, 2.24) is 0 Å². The summed E-state index contributed by atoms with van der Waals surface area (Å²) < 4.78 is 2.62. The van der Waals surface area contributed by atoms with Crippen LogP contribution in [-0.2, 0) is 0 Å². The largest absolute Gasteiger partial charge is 0.311 e. The molecule has 0 aliphatic carbocycles. The Hall–Kier alpha value is -11.3. The predicted molar refractivity (Wildman–Crippen MR) is 393 cm³/mol. The molecule has 0 spiro atoms. The molecule has 9 heteroatoms. The third kappa shape index (κ3) is 8.49. The molecule has 0 fully saturated rings. The average Bonchev–Trinajstić information content (AvgIpc) is 0.984. The van der Waals surface area contributed by atoms with Gasteiger partial charge >= 0.3 is 0 Å². The first kappa shape index (κ1) is 53.7. The van der Waals surface area contributed by atoms with Gasteiger partial charge in [0, 0.05) is 100 Å². The second-order valence-corrected chi connectivity index (χ2v) is 25.7. The van der Waals surface area contributed by atoms with Crippen molar-refractivity contribution >= 4 is 169 Å². The van der Waals surface area contributed by atoms with E-state index in [4.69, 9.17) is 0 Å². The number of hydrogen-bond donors (Lipinski definition) is 0. The topological polar surface area (TPSA) is 19.4 Å². The Morgan fingerprint density at radius 2 is 0.652 bits per heavy atom. The fourth-order valence-corrected chi connectivity index (χ4v) is 16.4. The summed E-state index contributed by atoms with van der Waals surface area (Å²) in [6.45, 7) is 4.31. The normalized spacial score (nSPS) is 13.1. The smallest absolute Gasteiger partial charge is 0.264 e. The summed E-state index contributed by atoms with van der Waals surface area (Å²) in [5.41, 5.74) is 27.8. The molecule has 0 atom stereocenters. The van der Waals surface area contributed by atoms with Crippen molar-refractivity contribution in [3.63, 3.8) is 0 Å². The maximum atomic E-state index is 2.66. The van der Waals surface area contributed by atoms with Gasteiger partial charge in [-0.2, -0.15) is 0 Å². The number of rotatable bonds is 11. The van der Waals surface area contributed by atoms with E-state index in [0.29, 0.717) is 5.92 Å². The van der Waals surface area contributed by atoms with Crippen molar-refractivity contribution in [2.24, 2.45) is 0 Å². The molecule has 0 radical (unpaired) electrons. The van der Waals surface area contributed by atoms with Gasteiger partial charge in [0.15, 0.2) is 0 Å². The van der Waals surface area contributed by atoms with Gasteiger partial charge in [0.25, 0.3) is 13.4 Å². The van der Waals surface area contributed by atoms with Crippen molar-refractivity contribution < 1.29 is 0 Å². The number of para-hydroxylation sites is 9. The van der Waals surface area contributed by atoms with Crippen LogP contribution in [0.1, 0.15) is 25.3 Å². The van der Waals surface area contributed by atoms with Gasteiger partial charge in [-0.3, -0.25) is 0 Å². The van der Waals surface area contributed by atoms with Crippen molar-refractivity contribution in [3.05, 3.63) is 327 Å². The van der Waals surface area contributed by atoms with E-state index in [1.165, 1.54) is 59.1 Å². The van der Waals surface area contributed by atoms with Crippen LogP contribution in [0.3, 0.4) is 0 Å². The molecular weight excluding hydrogens is 1130 g/mol. The molecule has 4 aliphatic rings. The van der Waals surface area contributed by atoms with E-state index < -0.39 is 0 Å². The molecule has 0 saturated carbocycles. The zero-order valence-corrected chi connectivity index (χ0v) is 51.7. The van der Waals surface area contributed by atoms with Crippen LogP contribution in [0.2, 0.25) is 0 Å². The van der Waals surface area contributed by atoms with Gasteiger partial charge in [0.2, 0.25) is 0 Å². The zero-order valence-electron chi connectivity index (χ0n) is 50.9. The van der Waals surface area contributed by atoms with Crippen molar-refractivity contribution in [2.75, 3.05) is 29.4 Å². The molecule has 13 aromatic carbocycles. The van der Waals surface area contributed by atoms with E-state index in [1.807, 2.05) is 11.3 Å². The Kier molecular flexibility index (Phi) is 12.7. The van der Waals surface area contributed by atoms with E-state index in [2.05, 4.69) is 365 Å². The Labute approximate surface area is 542 Å². The fraction of sp³-hybridized carbons (Fsp3) is 0.0361. The highest BCUT2D eigenvalue weighted by Gasteiger charge is 2.50. The minimum Gasteiger partial charge on any atom is -0.311 e. The summed E-state index contributed by atoms with van der Waals surface area (Å²) in [6, 6.07) is 119. The molecule has 0 bridgehead atoms. The van der Waals surface area contributed by atoms with Crippen molar-refractivity contribution in [3.8, 4) is 0 Å². The lowest BCUT2D eigenvalue weighted by atomic mass is 9.31. The molecular formula is C83H60B2N6S. The first-order valence-electron chi connectivity index (χ1n) is 31.9. The highest BCUT2D eigenvalue weighted by atomic mass is 32.1. The minimum absolute atomic E-state index is 0.161. The number of benzene rings is 13. The highest BCUT2D eigenvalue weighted by Crippen LogP contribution is 2.54. The second-order valence-electron chi connectivity index (χ2n) is 24.6. The van der Waals surface area contributed by atoms with Crippen molar-refractivity contribution in [2.45, 2.75) is 19.8 Å². The summed E-state index contributed by atoms with van der Waals surface area (Å²) in [5.74, 6) is 0.341. The summed E-state index contributed by atoms with van der Waals surface area (Å²) in [6.07, 6.45) is 0. The van der Waals surface area contributed by atoms with Gasteiger partial charge in [0.05, 0.1) is 17.1 Å². The standard InChI is InChI=1S/C83H60B2N6S/c1-56(2)57-47-48-79-68(49-57)82-83(92-79)85-71-54-70-73(55-74(71)90(64-41-23-9-24-42-64)77-52-67(53-78(81(77)85)91(82)65-43-25-10-26-44-65)87(60-33-15-5-16-34-60)61-35-17-6-18-36-61)89(63-39-21-8-22-40-63)76-51-66(86(58-29-11-3-12-30-58)59-31-13-4-14-32-59)50-75-80(76)84(70)69-45-27-28-46-72(69)88(75)62-37-19-7-20-38-62/h3-56H,1-2H3. The SMILES string of the molecule is CC(C)c1ccc2sc3c(c2c1)N(c1ccccc1)c1cc(N(c2ccccc2)c2ccccc2)cc2c1B3c1cc3c(cc1N2c1ccccc1)N(c1ccccc1)c1cc(N(c2ccccc2)c2ccccc2)cc2c1B3c1ccccc1N2c1ccccc1. The molecule has 6 nitrogen and oxygen atoms in total. The molecule has 4 aliphatic heterocycles. The number of nitrogens with zero attached hydrogens (tertiary/aromatic N) is 6. The lowest BCUT2D eigenvalue weighted by Gasteiger charge is -2.47. The average molecular weight is 1200 g/mol. The molecule has 0 saturated heterocycles. The Balaban J connectivity index is 0.982. The molecule has 0 amide bonds. The third-order valence-electron chi connectivity index (χ3n) is 19.0. The lowest BCUT2D eigenvalue weighted by Crippen LogP contribution is -2.65. The van der Waals surface area contributed by atoms with Crippen molar-refractivity contribution in [1.29, 1.82) is 0 Å². The molecule has 1 aromatic heterocycles. The molecule has 0 unspecified atom stereocenters. The summed E-state index contributed by atoms with van der Waals surface area (Å²) in [5, 5.41) is 1.28. The Morgan fingerprint density at radius 3 is 1.09 bits per heavy atom. The Bertz CT molecular complexity index is 5040. The molecule has 14 aromatic rings. The van der Waals surface area contributed by atoms with Gasteiger partial charge in [-0.15, -0.1) is 11.3 Å². The minimum atomic E-state index is -0.163. The number of anilines is 18. The third-order valence-corrected chi connectivity index (χ3v) is 20.3. The van der Waals surface area contributed by atoms with Gasteiger partial charge in [0.1, 0.15) is 0 Å². The van der Waals surface area contributed by atoms with E-state index in [9.17, 15) is 0 Å². The van der Waals surface area contributed by atoms with Gasteiger partial charge in [-0.05, 0) is 184 Å². The number of thiophene rings is 1. The quantitative estimate of drug-likeness (QED) is 0.119. The van der Waals surface area contributed by atoms with Crippen LogP contribution >= 0.6 is 11.3 Å². The maximum absolute atomic E-state index is 2.66. The molecule has 0 N–H and O–H groups in total. The van der Waals surface area contributed by atoms with Crippen LogP contribution in [-0.4, -0.2) is 13.4 Å². The van der Waals surface area contributed by atoms with Gasteiger partial charge in [-0.1, -0.05) is 190 Å². The molecule has 5 heterocycles. The maximum Gasteiger partial charge on any atom is 0.264 e. The van der Waals surface area contributed by atoms with Crippen LogP contribution in [0.15, 0.2) is 322 Å². The van der Waals surface area contributed by atoms with E-state index in [0.717, 1.165) is 91.0 Å². The van der Waals surface area contributed by atoms with Crippen LogP contribution in [0, 0.1) is 0 Å². The summed E-state index contributed by atoms with van der Waals surface area (Å²) in [4.78, 5) is 15.2. The first-order valence-corrected chi connectivity index (χ1v) is 32.7. The number of hydrogen-bond acceptors (Lipinski definition) is 7. The summed E-state index contributed by atoms with van der Waals surface area (Å²) in [7, 11) is 0. The van der Waals surface area contributed by atoms with E-state index in [-0.39, 0.29) is 13.4 Å². The van der Waals surface area contributed by atoms with E-state index in [1.54, 1.807) is 0 Å². The zero-order chi connectivity index (χ0) is 61.0. The fourth-order valence-electron chi connectivity index (χ4n) is 15.1. The molecule has 434 valence electrons. The molecule has 92 heavy (non-hydrogen) atoms. The van der Waals surface area contributed by atoms with Crippen LogP contribution < -0.4 is 61.5 Å². The lowest BCUT2D eigenvalue weighted by molar-refractivity contribution is 0.869. The number of fused-ring (bicyclic) bond motifs is 10. The van der Waals surface area contributed by atoms with Gasteiger partial charge in [-0.25, -0.2) is 0 Å². The second kappa shape index (κ2) is 21.8. The highest BCUT2D eigenvalue weighted by molar-refractivity contribution is 7.33. The van der Waals surface area contributed by atoms with E-state index >= 15 is 0 Å².